The van der Waals surface area contributed by atoms with Crippen LogP contribution in [-0.4, -0.2) is 18.8 Å². The normalized spacial score (nSPS) is 11.4. The van der Waals surface area contributed by atoms with E-state index in [4.69, 9.17) is 10.8 Å². The van der Waals surface area contributed by atoms with Gasteiger partial charge >= 0.3 is 0 Å². The first kappa shape index (κ1) is 6.30. The largest absolute Gasteiger partial charge is 0.512 e. The zero-order valence-corrected chi connectivity index (χ0v) is 4.22. The molecular weight excluding hydrogens is 94.0 g/mol. The highest BCUT2D eigenvalue weighted by molar-refractivity contribution is 4.86. The molecule has 0 unspecified atom stereocenters. The van der Waals surface area contributed by atoms with E-state index in [1.165, 1.54) is 7.11 Å². The van der Waals surface area contributed by atoms with Gasteiger partial charge in [0.1, 0.15) is 12.0 Å². The number of hydrogen-bond donors (Lipinski definition) is 2. The van der Waals surface area contributed by atoms with E-state index in [1.54, 1.807) is 0 Å². The number of methoxy groups -OCH3 is 1. The summed E-state index contributed by atoms with van der Waals surface area (Å²) in [7, 11) is 1.45. The molecule has 0 saturated heterocycles. The van der Waals surface area contributed by atoms with Crippen LogP contribution in [0.25, 0.3) is 0 Å². The van der Waals surface area contributed by atoms with Gasteiger partial charge in [0.2, 0.25) is 0 Å². The molecule has 0 spiro atoms. The molecule has 42 valence electrons. The monoisotopic (exact) mass is 103 g/mol. The molecule has 0 bridgehead atoms. The fourth-order valence-electron chi connectivity index (χ4n) is 0.189. The maximum absolute atomic E-state index is 8.16. The van der Waals surface area contributed by atoms with Crippen LogP contribution in [0.1, 0.15) is 0 Å². The third kappa shape index (κ3) is 2.05. The molecule has 0 atom stereocenters. The Morgan fingerprint density at radius 3 is 2.57 bits per heavy atom. The molecule has 0 fully saturated rings. The highest BCUT2D eigenvalue weighted by Crippen LogP contribution is 1.85. The molecule has 0 heterocycles. The first-order valence-corrected chi connectivity index (χ1v) is 1.92. The summed E-state index contributed by atoms with van der Waals surface area (Å²) in [6.07, 6.45) is 0.847. The van der Waals surface area contributed by atoms with E-state index in [-0.39, 0.29) is 6.54 Å². The van der Waals surface area contributed by atoms with Crippen molar-refractivity contribution in [2.75, 3.05) is 13.7 Å². The van der Waals surface area contributed by atoms with Crippen molar-refractivity contribution in [1.82, 2.24) is 0 Å². The van der Waals surface area contributed by atoms with Gasteiger partial charge in [-0.1, -0.05) is 0 Å². The minimum Gasteiger partial charge on any atom is -0.512 e. The molecule has 0 amide bonds. The van der Waals surface area contributed by atoms with Crippen LogP contribution in [0.2, 0.25) is 0 Å². The summed E-state index contributed by atoms with van der Waals surface area (Å²) in [5, 5.41) is 8.16. The van der Waals surface area contributed by atoms with Crippen LogP contribution in [0.15, 0.2) is 12.0 Å². The number of aliphatic hydroxyl groups excluding tert-OH is 1. The van der Waals surface area contributed by atoms with Gasteiger partial charge in [-0.2, -0.15) is 0 Å². The Morgan fingerprint density at radius 1 is 2.00 bits per heavy atom. The summed E-state index contributed by atoms with van der Waals surface area (Å²) in [6, 6.07) is 0. The predicted molar refractivity (Wildman–Crippen MR) is 26.8 cm³/mol. The molecule has 3 heteroatoms. The molecule has 0 aliphatic rings. The van der Waals surface area contributed by atoms with Gasteiger partial charge < -0.3 is 15.6 Å². The molecule has 0 saturated carbocycles. The van der Waals surface area contributed by atoms with Gasteiger partial charge in [-0.25, -0.2) is 0 Å². The second-order valence-corrected chi connectivity index (χ2v) is 1.00. The standard InChI is InChI=1S/C4H9NO2/c1-7-4(2-5)3-6/h3,6H,2,5H2,1H3/b4-3+. The van der Waals surface area contributed by atoms with E-state index < -0.39 is 0 Å². The summed E-state index contributed by atoms with van der Waals surface area (Å²) in [6.45, 7) is 0.243. The van der Waals surface area contributed by atoms with Crippen molar-refractivity contribution in [2.24, 2.45) is 5.73 Å². The fraction of sp³-hybridized carbons (Fsp3) is 0.500. The molecule has 3 nitrogen and oxygen atoms in total. The van der Waals surface area contributed by atoms with Crippen molar-refractivity contribution in [3.63, 3.8) is 0 Å². The van der Waals surface area contributed by atoms with Crippen LogP contribution in [0.3, 0.4) is 0 Å². The molecule has 3 N–H and O–H groups in total. The van der Waals surface area contributed by atoms with Crippen LogP contribution in [0, 0.1) is 0 Å². The molecule has 0 aromatic rings. The quantitative estimate of drug-likeness (QED) is 0.483. The van der Waals surface area contributed by atoms with Crippen LogP contribution >= 0.6 is 0 Å². The van der Waals surface area contributed by atoms with Crippen molar-refractivity contribution in [3.8, 4) is 0 Å². The molecule has 0 rings (SSSR count). The number of nitrogens with two attached hydrogens (primary N) is 1. The Morgan fingerprint density at radius 2 is 2.57 bits per heavy atom. The maximum atomic E-state index is 8.16. The Hall–Kier alpha value is -0.700. The predicted octanol–water partition coefficient (Wildman–Crippen LogP) is -0.00910. The minimum absolute atomic E-state index is 0.243. The van der Waals surface area contributed by atoms with Crippen molar-refractivity contribution in [3.05, 3.63) is 12.0 Å². The van der Waals surface area contributed by atoms with Crippen molar-refractivity contribution in [2.45, 2.75) is 0 Å². The van der Waals surface area contributed by atoms with Crippen molar-refractivity contribution in [1.29, 1.82) is 0 Å². The first-order chi connectivity index (χ1) is 3.35. The molecule has 0 aromatic heterocycles. The van der Waals surface area contributed by atoms with E-state index in [2.05, 4.69) is 4.74 Å². The van der Waals surface area contributed by atoms with Gasteiger partial charge in [0.05, 0.1) is 13.7 Å². The lowest BCUT2D eigenvalue weighted by molar-refractivity contribution is 0.267. The zero-order chi connectivity index (χ0) is 5.70. The lowest BCUT2D eigenvalue weighted by Gasteiger charge is -1.96. The second-order valence-electron chi connectivity index (χ2n) is 1.00. The molecule has 0 aliphatic heterocycles. The molecule has 7 heavy (non-hydrogen) atoms. The summed E-state index contributed by atoms with van der Waals surface area (Å²) >= 11 is 0. The number of ether oxygens (including phenoxy) is 1. The third-order valence-electron chi connectivity index (χ3n) is 0.607. The van der Waals surface area contributed by atoms with Crippen LogP contribution in [0.5, 0.6) is 0 Å². The summed E-state index contributed by atoms with van der Waals surface area (Å²) < 4.78 is 4.53. The topological polar surface area (TPSA) is 55.5 Å². The average Bonchev–Trinajstić information content (AvgIpc) is 1.72. The highest BCUT2D eigenvalue weighted by Gasteiger charge is 1.85. The highest BCUT2D eigenvalue weighted by atomic mass is 16.5. The Bertz CT molecular complexity index is 64.1. The lowest BCUT2D eigenvalue weighted by atomic mass is 10.6. The van der Waals surface area contributed by atoms with E-state index in [9.17, 15) is 0 Å². The van der Waals surface area contributed by atoms with E-state index in [0.717, 1.165) is 6.26 Å². The van der Waals surface area contributed by atoms with Crippen LogP contribution < -0.4 is 5.73 Å². The maximum Gasteiger partial charge on any atom is 0.143 e. The van der Waals surface area contributed by atoms with E-state index >= 15 is 0 Å². The van der Waals surface area contributed by atoms with Gasteiger partial charge in [-0.15, -0.1) is 0 Å². The smallest absolute Gasteiger partial charge is 0.143 e. The zero-order valence-electron chi connectivity index (χ0n) is 4.22. The van der Waals surface area contributed by atoms with Crippen LogP contribution in [-0.2, 0) is 4.74 Å². The summed E-state index contributed by atoms with van der Waals surface area (Å²) in [5.74, 6) is 0.389. The minimum atomic E-state index is 0.243. The number of rotatable bonds is 2. The lowest BCUT2D eigenvalue weighted by Crippen LogP contribution is -2.03. The van der Waals surface area contributed by atoms with Gasteiger partial charge in [0, 0.05) is 0 Å². The fourth-order valence-corrected chi connectivity index (χ4v) is 0.189. The molecule has 0 aromatic carbocycles. The Labute approximate surface area is 42.4 Å². The Kier molecular flexibility index (Phi) is 3.14. The van der Waals surface area contributed by atoms with Gasteiger partial charge in [0.25, 0.3) is 0 Å². The molecule has 0 radical (unpaired) electrons. The van der Waals surface area contributed by atoms with Crippen molar-refractivity contribution < 1.29 is 9.84 Å². The third-order valence-corrected chi connectivity index (χ3v) is 0.607. The first-order valence-electron chi connectivity index (χ1n) is 1.92. The summed E-state index contributed by atoms with van der Waals surface area (Å²) in [5.41, 5.74) is 5.04. The van der Waals surface area contributed by atoms with Crippen LogP contribution in [0.4, 0.5) is 0 Å². The second kappa shape index (κ2) is 3.49. The van der Waals surface area contributed by atoms with Gasteiger partial charge in [-0.05, 0) is 0 Å². The SMILES string of the molecule is CO/C(=C/O)CN. The summed E-state index contributed by atoms with van der Waals surface area (Å²) in [4.78, 5) is 0. The van der Waals surface area contributed by atoms with E-state index in [1.807, 2.05) is 0 Å². The molecule has 0 aliphatic carbocycles. The average molecular weight is 103 g/mol. The Balaban J connectivity index is 3.38. The van der Waals surface area contributed by atoms with Crippen molar-refractivity contribution >= 4 is 0 Å². The van der Waals surface area contributed by atoms with Gasteiger partial charge in [-0.3, -0.25) is 0 Å². The number of hydrogen-bond acceptors (Lipinski definition) is 3. The van der Waals surface area contributed by atoms with E-state index in [0.29, 0.717) is 5.76 Å². The number of aliphatic hydroxyl groups is 1. The molecular formula is C4H9NO2. The van der Waals surface area contributed by atoms with Gasteiger partial charge in [0.15, 0.2) is 0 Å².